The predicted octanol–water partition coefficient (Wildman–Crippen LogP) is 3.02. The molecule has 0 bridgehead atoms. The number of anilines is 2. The van der Waals surface area contributed by atoms with Crippen LogP contribution in [0.1, 0.15) is 42.9 Å². The Balaban J connectivity index is 1.77. The van der Waals surface area contributed by atoms with E-state index in [1.54, 1.807) is 11.3 Å². The highest BCUT2D eigenvalue weighted by molar-refractivity contribution is 7.13. The van der Waals surface area contributed by atoms with E-state index in [4.69, 9.17) is 0 Å². The number of aryl methyl sites for hydroxylation is 2. The highest BCUT2D eigenvalue weighted by Gasteiger charge is 2.27. The largest absolute Gasteiger partial charge is 0.342 e. The van der Waals surface area contributed by atoms with E-state index in [-0.39, 0.29) is 11.8 Å². The van der Waals surface area contributed by atoms with Crippen LogP contribution in [0.15, 0.2) is 11.4 Å². The lowest BCUT2D eigenvalue weighted by atomic mass is 10.0. The van der Waals surface area contributed by atoms with Crippen LogP contribution in [-0.4, -0.2) is 38.8 Å². The Kier molecular flexibility index (Phi) is 4.56. The Morgan fingerprint density at radius 1 is 1.39 bits per heavy atom. The molecular formula is C16H21N5OS. The van der Waals surface area contributed by atoms with Gasteiger partial charge in [-0.05, 0) is 20.3 Å². The molecule has 0 aromatic carbocycles. The summed E-state index contributed by atoms with van der Waals surface area (Å²) in [6.07, 6.45) is 1.52. The van der Waals surface area contributed by atoms with Crippen LogP contribution in [-0.2, 0) is 4.79 Å². The Morgan fingerprint density at radius 2 is 2.22 bits per heavy atom. The number of amides is 1. The molecule has 1 fully saturated rings. The number of carbonyl (C=O) groups is 1. The minimum atomic E-state index is 0.217. The number of carbonyl (C=O) groups excluding carboxylic acids is 1. The van der Waals surface area contributed by atoms with Crippen molar-refractivity contribution in [3.63, 3.8) is 0 Å². The molecule has 3 rings (SSSR count). The third-order valence-corrected chi connectivity index (χ3v) is 4.85. The summed E-state index contributed by atoms with van der Waals surface area (Å²) in [6.45, 7) is 7.33. The second-order valence-electron chi connectivity index (χ2n) is 5.82. The standard InChI is InChI=1S/C16H21N5OS/c1-4-15(22)21-6-5-12(8-21)13-7-14(19-11(3)18-13)20-16-17-10(2)9-23-16/h7,9,12H,4-6,8H2,1-3H3,(H,17,18,19,20)/t12-/m1/s1. The maximum Gasteiger partial charge on any atom is 0.222 e. The number of hydrogen-bond acceptors (Lipinski definition) is 6. The molecule has 0 saturated carbocycles. The van der Waals surface area contributed by atoms with Crippen LogP contribution in [0.2, 0.25) is 0 Å². The summed E-state index contributed by atoms with van der Waals surface area (Å²) in [5.41, 5.74) is 1.99. The molecule has 1 saturated heterocycles. The molecule has 2 aromatic heterocycles. The Bertz CT molecular complexity index is 714. The molecule has 6 nitrogen and oxygen atoms in total. The second kappa shape index (κ2) is 6.62. The molecule has 1 aliphatic rings. The van der Waals surface area contributed by atoms with Gasteiger partial charge in [-0.2, -0.15) is 0 Å². The molecule has 0 aliphatic carbocycles. The number of aromatic nitrogens is 3. The van der Waals surface area contributed by atoms with E-state index in [1.807, 2.05) is 37.1 Å². The molecular weight excluding hydrogens is 310 g/mol. The second-order valence-corrected chi connectivity index (χ2v) is 6.68. The van der Waals surface area contributed by atoms with Crippen molar-refractivity contribution >= 4 is 28.2 Å². The monoisotopic (exact) mass is 331 g/mol. The van der Waals surface area contributed by atoms with Crippen LogP contribution >= 0.6 is 11.3 Å². The first-order valence-electron chi connectivity index (χ1n) is 7.87. The molecule has 3 heterocycles. The highest BCUT2D eigenvalue weighted by Crippen LogP contribution is 2.28. The van der Waals surface area contributed by atoms with Crippen molar-refractivity contribution in [1.29, 1.82) is 0 Å². The Labute approximate surface area is 140 Å². The van der Waals surface area contributed by atoms with Gasteiger partial charge in [-0.15, -0.1) is 11.3 Å². The lowest BCUT2D eigenvalue weighted by Gasteiger charge is -2.16. The number of thiazole rings is 1. The quantitative estimate of drug-likeness (QED) is 0.932. The normalized spacial score (nSPS) is 17.5. The molecule has 0 spiro atoms. The van der Waals surface area contributed by atoms with E-state index in [0.717, 1.165) is 47.7 Å². The van der Waals surface area contributed by atoms with E-state index in [1.165, 1.54) is 0 Å². The van der Waals surface area contributed by atoms with Gasteiger partial charge < -0.3 is 10.2 Å². The van der Waals surface area contributed by atoms with Gasteiger partial charge >= 0.3 is 0 Å². The maximum atomic E-state index is 11.8. The summed E-state index contributed by atoms with van der Waals surface area (Å²) < 4.78 is 0. The van der Waals surface area contributed by atoms with Gasteiger partial charge in [0.05, 0.1) is 11.4 Å². The number of likely N-dealkylation sites (tertiary alicyclic amines) is 1. The van der Waals surface area contributed by atoms with Gasteiger partial charge in [0.2, 0.25) is 5.91 Å². The average molecular weight is 331 g/mol. The first kappa shape index (κ1) is 15.9. The van der Waals surface area contributed by atoms with Crippen molar-refractivity contribution in [3.05, 3.63) is 28.7 Å². The number of hydrogen-bond donors (Lipinski definition) is 1. The fraction of sp³-hybridized carbons (Fsp3) is 0.500. The van der Waals surface area contributed by atoms with Crippen molar-refractivity contribution in [2.24, 2.45) is 0 Å². The van der Waals surface area contributed by atoms with Gasteiger partial charge in [-0.3, -0.25) is 4.79 Å². The van der Waals surface area contributed by atoms with Crippen LogP contribution in [0.4, 0.5) is 10.9 Å². The molecule has 0 unspecified atom stereocenters. The first-order valence-corrected chi connectivity index (χ1v) is 8.75. The van der Waals surface area contributed by atoms with E-state index >= 15 is 0 Å². The summed E-state index contributed by atoms with van der Waals surface area (Å²) in [7, 11) is 0. The minimum absolute atomic E-state index is 0.217. The van der Waals surface area contributed by atoms with Gasteiger partial charge in [0, 0.05) is 36.9 Å². The fourth-order valence-electron chi connectivity index (χ4n) is 2.84. The molecule has 23 heavy (non-hydrogen) atoms. The lowest BCUT2D eigenvalue weighted by molar-refractivity contribution is -0.129. The first-order chi connectivity index (χ1) is 11.0. The van der Waals surface area contributed by atoms with Gasteiger partial charge in [0.1, 0.15) is 11.6 Å². The van der Waals surface area contributed by atoms with Crippen LogP contribution in [0, 0.1) is 13.8 Å². The lowest BCUT2D eigenvalue weighted by Crippen LogP contribution is -2.27. The molecule has 1 amide bonds. The SMILES string of the molecule is CCC(=O)N1CC[C@@H](c2cc(Nc3nc(C)cs3)nc(C)n2)C1. The van der Waals surface area contributed by atoms with Crippen LogP contribution in [0.5, 0.6) is 0 Å². The summed E-state index contributed by atoms with van der Waals surface area (Å²) >= 11 is 1.56. The third-order valence-electron chi connectivity index (χ3n) is 3.97. The van der Waals surface area contributed by atoms with E-state index in [0.29, 0.717) is 6.42 Å². The van der Waals surface area contributed by atoms with Crippen LogP contribution in [0.25, 0.3) is 0 Å². The summed E-state index contributed by atoms with van der Waals surface area (Å²) in [5.74, 6) is 2.00. The van der Waals surface area contributed by atoms with Crippen molar-refractivity contribution < 1.29 is 4.79 Å². The molecule has 1 aliphatic heterocycles. The average Bonchev–Trinajstić information content (AvgIpc) is 3.15. The van der Waals surface area contributed by atoms with Crippen molar-refractivity contribution in [2.75, 3.05) is 18.4 Å². The van der Waals surface area contributed by atoms with Crippen molar-refractivity contribution in [1.82, 2.24) is 19.9 Å². The molecule has 122 valence electrons. The smallest absolute Gasteiger partial charge is 0.222 e. The minimum Gasteiger partial charge on any atom is -0.342 e. The molecule has 2 aromatic rings. The zero-order chi connectivity index (χ0) is 16.4. The van der Waals surface area contributed by atoms with E-state index < -0.39 is 0 Å². The zero-order valence-corrected chi connectivity index (χ0v) is 14.5. The predicted molar refractivity (Wildman–Crippen MR) is 91.1 cm³/mol. The molecule has 0 radical (unpaired) electrons. The summed E-state index contributed by atoms with van der Waals surface area (Å²) in [5, 5.41) is 6.09. The van der Waals surface area contributed by atoms with Gasteiger partial charge in [0.25, 0.3) is 0 Å². The summed E-state index contributed by atoms with van der Waals surface area (Å²) in [6, 6.07) is 1.98. The maximum absolute atomic E-state index is 11.8. The van der Waals surface area contributed by atoms with Crippen molar-refractivity contribution in [3.8, 4) is 0 Å². The van der Waals surface area contributed by atoms with E-state index in [9.17, 15) is 4.79 Å². The van der Waals surface area contributed by atoms with Crippen molar-refractivity contribution in [2.45, 2.75) is 39.5 Å². The summed E-state index contributed by atoms with van der Waals surface area (Å²) in [4.78, 5) is 27.2. The van der Waals surface area contributed by atoms with Crippen LogP contribution in [0.3, 0.4) is 0 Å². The topological polar surface area (TPSA) is 71.0 Å². The van der Waals surface area contributed by atoms with Gasteiger partial charge in [-0.1, -0.05) is 6.92 Å². The molecule has 7 heteroatoms. The third kappa shape index (κ3) is 3.67. The highest BCUT2D eigenvalue weighted by atomic mass is 32.1. The van der Waals surface area contributed by atoms with Gasteiger partial charge in [-0.25, -0.2) is 15.0 Å². The zero-order valence-electron chi connectivity index (χ0n) is 13.7. The van der Waals surface area contributed by atoms with Gasteiger partial charge in [0.15, 0.2) is 5.13 Å². The number of nitrogens with zero attached hydrogens (tertiary/aromatic N) is 4. The number of rotatable bonds is 4. The Morgan fingerprint density at radius 3 is 2.91 bits per heavy atom. The fourth-order valence-corrected chi connectivity index (χ4v) is 3.53. The molecule has 1 atom stereocenters. The Hall–Kier alpha value is -2.02. The van der Waals surface area contributed by atoms with E-state index in [2.05, 4.69) is 20.3 Å². The molecule has 1 N–H and O–H groups in total. The van der Waals surface area contributed by atoms with Crippen LogP contribution < -0.4 is 5.32 Å². The number of nitrogens with one attached hydrogen (secondary N) is 1.